The highest BCUT2D eigenvalue weighted by molar-refractivity contribution is 5.68. The van der Waals surface area contributed by atoms with Crippen molar-refractivity contribution in [2.75, 3.05) is 13.2 Å². The fraction of sp³-hybridized carbons (Fsp3) is 0.500. The molecule has 0 amide bonds. The highest BCUT2D eigenvalue weighted by Crippen LogP contribution is 2.06. The van der Waals surface area contributed by atoms with Gasteiger partial charge in [0.05, 0.1) is 25.9 Å². The summed E-state index contributed by atoms with van der Waals surface area (Å²) in [6.07, 6.45) is 0.502. The van der Waals surface area contributed by atoms with E-state index in [0.717, 1.165) is 0 Å². The zero-order valence-electron chi connectivity index (χ0n) is 9.93. The average molecular weight is 270 g/mol. The van der Waals surface area contributed by atoms with Gasteiger partial charge in [-0.25, -0.2) is 9.97 Å². The van der Waals surface area contributed by atoms with Gasteiger partial charge in [0.15, 0.2) is 11.2 Å². The number of nitrogens with zero attached hydrogens (tertiary/aromatic N) is 3. The quantitative estimate of drug-likeness (QED) is 0.468. The van der Waals surface area contributed by atoms with Gasteiger partial charge in [0, 0.05) is 0 Å². The molecule has 0 saturated carbocycles. The van der Waals surface area contributed by atoms with Crippen LogP contribution < -0.4 is 5.56 Å². The van der Waals surface area contributed by atoms with Gasteiger partial charge in [-0.05, 0) is 0 Å². The fourth-order valence-corrected chi connectivity index (χ4v) is 1.57. The van der Waals surface area contributed by atoms with Gasteiger partial charge in [-0.15, -0.1) is 0 Å². The number of fused-ring (bicyclic) bond motifs is 1. The lowest BCUT2D eigenvalue weighted by molar-refractivity contribution is -0.0997. The number of aliphatic hydroxyl groups excluding tert-OH is 3. The van der Waals surface area contributed by atoms with E-state index in [1.807, 2.05) is 0 Å². The molecule has 0 saturated heterocycles. The van der Waals surface area contributed by atoms with Gasteiger partial charge in [-0.1, -0.05) is 0 Å². The van der Waals surface area contributed by atoms with Crippen LogP contribution in [0.4, 0.5) is 0 Å². The van der Waals surface area contributed by atoms with Crippen LogP contribution in [0.25, 0.3) is 11.2 Å². The molecule has 19 heavy (non-hydrogen) atoms. The molecular formula is C10H14N4O5. The van der Waals surface area contributed by atoms with Crippen molar-refractivity contribution in [3.63, 3.8) is 0 Å². The summed E-state index contributed by atoms with van der Waals surface area (Å²) >= 11 is 0. The number of nitrogens with one attached hydrogen (secondary N) is 1. The van der Waals surface area contributed by atoms with Gasteiger partial charge >= 0.3 is 0 Å². The topological polar surface area (TPSA) is 133 Å². The summed E-state index contributed by atoms with van der Waals surface area (Å²) in [6, 6.07) is 0. The number of aromatic amines is 1. The predicted molar refractivity (Wildman–Crippen MR) is 63.2 cm³/mol. The van der Waals surface area contributed by atoms with Crippen molar-refractivity contribution in [3.05, 3.63) is 23.0 Å². The van der Waals surface area contributed by atoms with E-state index in [2.05, 4.69) is 15.0 Å². The summed E-state index contributed by atoms with van der Waals surface area (Å²) in [6.45, 7) is -1.02. The zero-order chi connectivity index (χ0) is 13.8. The van der Waals surface area contributed by atoms with E-state index >= 15 is 0 Å². The minimum Gasteiger partial charge on any atom is -0.394 e. The number of H-pyrrole nitrogens is 1. The Hall–Kier alpha value is -1.81. The van der Waals surface area contributed by atoms with Crippen LogP contribution in [-0.2, 0) is 11.5 Å². The number of hydrogen-bond acceptors (Lipinski definition) is 7. The molecular weight excluding hydrogens is 256 g/mol. The Balaban J connectivity index is 2.14. The lowest BCUT2D eigenvalue weighted by Crippen LogP contribution is -2.35. The molecule has 0 fully saturated rings. The van der Waals surface area contributed by atoms with Gasteiger partial charge in [0.1, 0.15) is 18.9 Å². The second-order valence-corrected chi connectivity index (χ2v) is 3.88. The highest BCUT2D eigenvalue weighted by Gasteiger charge is 2.18. The van der Waals surface area contributed by atoms with E-state index in [1.54, 1.807) is 0 Å². The summed E-state index contributed by atoms with van der Waals surface area (Å²) in [5, 5.41) is 27.2. The second-order valence-electron chi connectivity index (χ2n) is 3.88. The molecule has 0 spiro atoms. The third kappa shape index (κ3) is 2.79. The molecule has 0 aliphatic heterocycles. The molecule has 2 atom stereocenters. The van der Waals surface area contributed by atoms with Gasteiger partial charge in [0.2, 0.25) is 0 Å². The number of aromatic nitrogens is 4. The van der Waals surface area contributed by atoms with Crippen molar-refractivity contribution < 1.29 is 20.1 Å². The van der Waals surface area contributed by atoms with E-state index in [9.17, 15) is 9.90 Å². The van der Waals surface area contributed by atoms with Crippen molar-refractivity contribution in [3.8, 4) is 0 Å². The second kappa shape index (κ2) is 5.89. The van der Waals surface area contributed by atoms with Crippen LogP contribution in [0.1, 0.15) is 0 Å². The van der Waals surface area contributed by atoms with E-state index in [0.29, 0.717) is 5.65 Å². The molecule has 104 valence electrons. The summed E-state index contributed by atoms with van der Waals surface area (Å²) < 4.78 is 6.70. The van der Waals surface area contributed by atoms with Crippen molar-refractivity contribution in [2.24, 2.45) is 0 Å². The normalized spacial score (nSPS) is 14.7. The first-order valence-corrected chi connectivity index (χ1v) is 5.57. The minimum absolute atomic E-state index is 0.0603. The largest absolute Gasteiger partial charge is 0.394 e. The van der Waals surface area contributed by atoms with Gasteiger partial charge in [-0.3, -0.25) is 9.36 Å². The maximum Gasteiger partial charge on any atom is 0.278 e. The Kier molecular flexibility index (Phi) is 4.22. The van der Waals surface area contributed by atoms with E-state index in [4.69, 9.17) is 14.9 Å². The van der Waals surface area contributed by atoms with Crippen molar-refractivity contribution >= 4 is 11.2 Å². The van der Waals surface area contributed by atoms with Crippen LogP contribution in [0.15, 0.2) is 17.4 Å². The molecule has 9 nitrogen and oxygen atoms in total. The molecule has 2 aromatic heterocycles. The third-order valence-corrected chi connectivity index (χ3v) is 2.63. The molecule has 2 rings (SSSR count). The first-order valence-electron chi connectivity index (χ1n) is 5.57. The molecule has 9 heteroatoms. The molecule has 0 aliphatic rings. The maximum absolute atomic E-state index is 11.4. The highest BCUT2D eigenvalue weighted by atomic mass is 16.5. The molecule has 0 bridgehead atoms. The monoisotopic (exact) mass is 270 g/mol. The first-order chi connectivity index (χ1) is 9.17. The molecule has 0 aromatic carbocycles. The standard InChI is InChI=1S/C10H14N4O5/c15-1-6(17)7(2-16)19-5-14-4-13-8-9(14)11-3-12-10(8)18/h3-4,6-7,15-17H,1-2,5H2,(H,11,12,18)/t6-,7?/m1/s1. The number of rotatable bonds is 6. The predicted octanol–water partition coefficient (Wildman–Crippen LogP) is -2.19. The Labute approximate surface area is 107 Å². The Morgan fingerprint density at radius 3 is 2.84 bits per heavy atom. The number of hydrogen-bond donors (Lipinski definition) is 4. The molecule has 2 heterocycles. The summed E-state index contributed by atoms with van der Waals surface area (Å²) in [5.41, 5.74) is 0.145. The molecule has 4 N–H and O–H groups in total. The Morgan fingerprint density at radius 1 is 1.37 bits per heavy atom. The first kappa shape index (κ1) is 13.6. The van der Waals surface area contributed by atoms with Gasteiger partial charge in [-0.2, -0.15) is 0 Å². The van der Waals surface area contributed by atoms with E-state index in [1.165, 1.54) is 17.2 Å². The van der Waals surface area contributed by atoms with Crippen LogP contribution in [0.2, 0.25) is 0 Å². The summed E-state index contributed by atoms with van der Waals surface area (Å²) in [4.78, 5) is 21.7. The number of aliphatic hydroxyl groups is 3. The molecule has 0 radical (unpaired) electrons. The molecule has 1 unspecified atom stereocenters. The van der Waals surface area contributed by atoms with Crippen LogP contribution in [0.3, 0.4) is 0 Å². The molecule has 0 aliphatic carbocycles. The summed E-state index contributed by atoms with van der Waals surface area (Å²) in [7, 11) is 0. The Morgan fingerprint density at radius 2 is 2.16 bits per heavy atom. The van der Waals surface area contributed by atoms with E-state index < -0.39 is 25.4 Å². The third-order valence-electron chi connectivity index (χ3n) is 2.63. The van der Waals surface area contributed by atoms with Gasteiger partial charge in [0.25, 0.3) is 5.56 Å². The smallest absolute Gasteiger partial charge is 0.278 e. The maximum atomic E-state index is 11.4. The number of ether oxygens (including phenoxy) is 1. The average Bonchev–Trinajstić information content (AvgIpc) is 2.84. The van der Waals surface area contributed by atoms with Crippen molar-refractivity contribution in [1.82, 2.24) is 19.5 Å². The zero-order valence-corrected chi connectivity index (χ0v) is 9.93. The van der Waals surface area contributed by atoms with Crippen LogP contribution in [-0.4, -0.2) is 60.3 Å². The van der Waals surface area contributed by atoms with Crippen LogP contribution in [0, 0.1) is 0 Å². The van der Waals surface area contributed by atoms with Crippen molar-refractivity contribution in [1.29, 1.82) is 0 Å². The molecule has 2 aromatic rings. The minimum atomic E-state index is -1.18. The SMILES string of the molecule is O=c1[nH]cnc2c1ncn2COC(CO)[C@H](O)CO. The number of imidazole rings is 1. The lowest BCUT2D eigenvalue weighted by atomic mass is 10.2. The van der Waals surface area contributed by atoms with Gasteiger partial charge < -0.3 is 25.0 Å². The fourth-order valence-electron chi connectivity index (χ4n) is 1.57. The summed E-state index contributed by atoms with van der Waals surface area (Å²) in [5.74, 6) is 0. The van der Waals surface area contributed by atoms with Crippen LogP contribution >= 0.6 is 0 Å². The Bertz CT molecular complexity index is 595. The van der Waals surface area contributed by atoms with Crippen molar-refractivity contribution in [2.45, 2.75) is 18.9 Å². The van der Waals surface area contributed by atoms with Crippen LogP contribution in [0.5, 0.6) is 0 Å². The van der Waals surface area contributed by atoms with E-state index in [-0.39, 0.29) is 17.8 Å². The lowest BCUT2D eigenvalue weighted by Gasteiger charge is -2.19.